The first kappa shape index (κ1) is 16.7. The number of aromatic carboxylic acids is 1. The molecule has 0 saturated heterocycles. The summed E-state index contributed by atoms with van der Waals surface area (Å²) < 4.78 is 32.1. The maximum Gasteiger partial charge on any atom is 0.352 e. The van der Waals surface area contributed by atoms with Crippen molar-refractivity contribution in [2.45, 2.75) is 31.7 Å². The highest BCUT2D eigenvalue weighted by molar-refractivity contribution is 7.89. The van der Waals surface area contributed by atoms with Crippen LogP contribution in [0.15, 0.2) is 17.2 Å². The summed E-state index contributed by atoms with van der Waals surface area (Å²) in [4.78, 5) is 13.1. The lowest BCUT2D eigenvalue weighted by atomic mass is 10.1. The van der Waals surface area contributed by atoms with Crippen LogP contribution < -0.4 is 4.72 Å². The van der Waals surface area contributed by atoms with E-state index >= 15 is 0 Å². The summed E-state index contributed by atoms with van der Waals surface area (Å²) in [5, 5.41) is 8.78. The Balaban J connectivity index is 2.88. The van der Waals surface area contributed by atoms with Gasteiger partial charge in [-0.05, 0) is 18.9 Å². The zero-order valence-corrected chi connectivity index (χ0v) is 12.5. The summed E-state index contributed by atoms with van der Waals surface area (Å²) in [6.07, 6.45) is 1.16. The molecule has 1 heterocycles. The van der Waals surface area contributed by atoms with Gasteiger partial charge in [0.05, 0.1) is 6.61 Å². The number of aromatic nitrogens is 1. The van der Waals surface area contributed by atoms with Gasteiger partial charge in [0.15, 0.2) is 0 Å². The molecular weight excluding hydrogens is 284 g/mol. The van der Waals surface area contributed by atoms with Crippen LogP contribution in [0.3, 0.4) is 0 Å². The van der Waals surface area contributed by atoms with Crippen LogP contribution in [0.2, 0.25) is 0 Å². The molecule has 1 unspecified atom stereocenters. The summed E-state index contributed by atoms with van der Waals surface area (Å²) in [6, 6.07) is 0.714. The van der Waals surface area contributed by atoms with Gasteiger partial charge in [-0.3, -0.25) is 0 Å². The van der Waals surface area contributed by atoms with Crippen molar-refractivity contribution >= 4 is 16.0 Å². The number of rotatable bonds is 8. The molecule has 0 aromatic carbocycles. The fourth-order valence-corrected chi connectivity index (χ4v) is 2.89. The highest BCUT2D eigenvalue weighted by atomic mass is 32.2. The van der Waals surface area contributed by atoms with Crippen LogP contribution >= 0.6 is 0 Å². The molecule has 0 amide bonds. The third-order valence-electron chi connectivity index (χ3n) is 2.81. The lowest BCUT2D eigenvalue weighted by Gasteiger charge is -2.21. The third-order valence-corrected chi connectivity index (χ3v) is 4.28. The van der Waals surface area contributed by atoms with Gasteiger partial charge in [-0.15, -0.1) is 0 Å². The number of hydrogen-bond donors (Lipinski definition) is 3. The number of nitrogens with one attached hydrogen (secondary N) is 2. The maximum absolute atomic E-state index is 12.2. The molecular formula is C12H20N2O5S. The van der Waals surface area contributed by atoms with Crippen molar-refractivity contribution in [3.63, 3.8) is 0 Å². The van der Waals surface area contributed by atoms with Crippen LogP contribution in [-0.4, -0.2) is 43.7 Å². The Labute approximate surface area is 118 Å². The molecule has 3 N–H and O–H groups in total. The van der Waals surface area contributed by atoms with Gasteiger partial charge >= 0.3 is 5.97 Å². The number of carboxylic acids is 1. The van der Waals surface area contributed by atoms with Crippen molar-refractivity contribution in [2.75, 3.05) is 13.2 Å². The molecule has 0 fully saturated rings. The molecule has 0 aliphatic rings. The Kier molecular flexibility index (Phi) is 5.73. The largest absolute Gasteiger partial charge is 0.477 e. The van der Waals surface area contributed by atoms with Crippen molar-refractivity contribution < 1.29 is 23.1 Å². The average Bonchev–Trinajstić information content (AvgIpc) is 2.84. The van der Waals surface area contributed by atoms with Gasteiger partial charge in [0, 0.05) is 18.8 Å². The Bertz CT molecular complexity index is 550. The van der Waals surface area contributed by atoms with Gasteiger partial charge in [-0.25, -0.2) is 17.9 Å². The van der Waals surface area contributed by atoms with Gasteiger partial charge in [0.1, 0.15) is 10.6 Å². The Morgan fingerprint density at radius 1 is 1.50 bits per heavy atom. The summed E-state index contributed by atoms with van der Waals surface area (Å²) in [5.74, 6) is -1.16. The van der Waals surface area contributed by atoms with E-state index in [-0.39, 0.29) is 29.2 Å². The summed E-state index contributed by atoms with van der Waals surface area (Å²) >= 11 is 0. The quantitative estimate of drug-likeness (QED) is 0.665. The van der Waals surface area contributed by atoms with Crippen molar-refractivity contribution in [1.82, 2.24) is 9.71 Å². The summed E-state index contributed by atoms with van der Waals surface area (Å²) in [6.45, 7) is 6.36. The van der Waals surface area contributed by atoms with Gasteiger partial charge < -0.3 is 14.8 Å². The number of aromatic amines is 1. The SMILES string of the molecule is CCOCC(NS(=O)(=O)c1c[nH]c(C(=O)O)c1)C(C)C. The van der Waals surface area contributed by atoms with Crippen LogP contribution in [0.5, 0.6) is 0 Å². The Morgan fingerprint density at radius 3 is 2.60 bits per heavy atom. The number of sulfonamides is 1. The molecule has 7 nitrogen and oxygen atoms in total. The molecule has 20 heavy (non-hydrogen) atoms. The maximum atomic E-state index is 12.2. The van der Waals surface area contributed by atoms with Crippen molar-refractivity contribution in [2.24, 2.45) is 5.92 Å². The fraction of sp³-hybridized carbons (Fsp3) is 0.583. The van der Waals surface area contributed by atoms with Crippen LogP contribution in [0.25, 0.3) is 0 Å². The Morgan fingerprint density at radius 2 is 2.15 bits per heavy atom. The zero-order chi connectivity index (χ0) is 15.3. The van der Waals surface area contributed by atoms with Crippen LogP contribution in [0.1, 0.15) is 31.3 Å². The number of ether oxygens (including phenoxy) is 1. The number of H-pyrrole nitrogens is 1. The number of carbonyl (C=O) groups is 1. The van der Waals surface area contributed by atoms with Crippen molar-refractivity contribution in [3.05, 3.63) is 18.0 Å². The Hall–Kier alpha value is -1.38. The fourth-order valence-electron chi connectivity index (χ4n) is 1.53. The van der Waals surface area contributed by atoms with E-state index < -0.39 is 16.0 Å². The van der Waals surface area contributed by atoms with E-state index in [1.54, 1.807) is 0 Å². The first-order chi connectivity index (χ1) is 9.27. The summed E-state index contributed by atoms with van der Waals surface area (Å²) in [5.41, 5.74) is -0.170. The normalized spacial score (nSPS) is 13.6. The van der Waals surface area contributed by atoms with Gasteiger partial charge in [-0.1, -0.05) is 13.8 Å². The second-order valence-corrected chi connectivity index (χ2v) is 6.40. The molecule has 1 aromatic rings. The van der Waals surface area contributed by atoms with E-state index in [2.05, 4.69) is 9.71 Å². The van der Waals surface area contributed by atoms with Crippen molar-refractivity contribution in [3.8, 4) is 0 Å². The summed E-state index contributed by atoms with van der Waals surface area (Å²) in [7, 11) is -3.77. The molecule has 0 saturated carbocycles. The number of carboxylic acid groups (broad SMARTS) is 1. The van der Waals surface area contributed by atoms with E-state index in [0.717, 1.165) is 12.3 Å². The smallest absolute Gasteiger partial charge is 0.352 e. The van der Waals surface area contributed by atoms with E-state index in [1.165, 1.54) is 0 Å². The molecule has 0 aliphatic heterocycles. The second kappa shape index (κ2) is 6.87. The van der Waals surface area contributed by atoms with E-state index in [9.17, 15) is 13.2 Å². The number of hydrogen-bond acceptors (Lipinski definition) is 4. The van der Waals surface area contributed by atoms with E-state index in [1.807, 2.05) is 20.8 Å². The van der Waals surface area contributed by atoms with Gasteiger partial charge in [-0.2, -0.15) is 0 Å². The lowest BCUT2D eigenvalue weighted by molar-refractivity contribution is 0.0691. The minimum atomic E-state index is -3.77. The minimum absolute atomic E-state index is 0.0502. The zero-order valence-electron chi connectivity index (χ0n) is 11.7. The highest BCUT2D eigenvalue weighted by Crippen LogP contribution is 2.13. The molecule has 0 aliphatic carbocycles. The monoisotopic (exact) mass is 304 g/mol. The van der Waals surface area contributed by atoms with Gasteiger partial charge in [0.25, 0.3) is 0 Å². The highest BCUT2D eigenvalue weighted by Gasteiger charge is 2.24. The molecule has 1 rings (SSSR count). The predicted octanol–water partition coefficient (Wildman–Crippen LogP) is 1.05. The van der Waals surface area contributed by atoms with Crippen LogP contribution in [0, 0.1) is 5.92 Å². The van der Waals surface area contributed by atoms with Crippen LogP contribution in [-0.2, 0) is 14.8 Å². The first-order valence-electron chi connectivity index (χ1n) is 6.29. The first-order valence-corrected chi connectivity index (χ1v) is 7.78. The molecule has 114 valence electrons. The molecule has 0 radical (unpaired) electrons. The van der Waals surface area contributed by atoms with Crippen LogP contribution in [0.4, 0.5) is 0 Å². The molecule has 1 atom stereocenters. The topological polar surface area (TPSA) is 108 Å². The van der Waals surface area contributed by atoms with Crippen molar-refractivity contribution in [1.29, 1.82) is 0 Å². The average molecular weight is 304 g/mol. The third kappa shape index (κ3) is 4.32. The standard InChI is InChI=1S/C12H20N2O5S/c1-4-19-7-11(8(2)3)14-20(17,18)9-5-10(12(15)16)13-6-9/h5-6,8,11,13-14H,4,7H2,1-3H3,(H,15,16). The van der Waals surface area contributed by atoms with Gasteiger partial charge in [0.2, 0.25) is 10.0 Å². The lowest BCUT2D eigenvalue weighted by Crippen LogP contribution is -2.41. The predicted molar refractivity (Wildman–Crippen MR) is 73.2 cm³/mol. The minimum Gasteiger partial charge on any atom is -0.477 e. The molecule has 0 bridgehead atoms. The molecule has 0 spiro atoms. The molecule has 1 aromatic heterocycles. The van der Waals surface area contributed by atoms with E-state index in [4.69, 9.17) is 9.84 Å². The van der Waals surface area contributed by atoms with E-state index in [0.29, 0.717) is 6.61 Å². The second-order valence-electron chi connectivity index (χ2n) is 4.69. The molecule has 8 heteroatoms.